The van der Waals surface area contributed by atoms with E-state index in [1.54, 1.807) is 10.6 Å². The Balaban J connectivity index is 1.34. The molecule has 2 amide bonds. The fraction of sp³-hybridized carbons (Fsp3) is 0.469. The maximum atomic E-state index is 12.9. The van der Waals surface area contributed by atoms with Crippen molar-refractivity contribution in [1.82, 2.24) is 29.9 Å². The van der Waals surface area contributed by atoms with Crippen LogP contribution in [0.15, 0.2) is 36.4 Å². The lowest BCUT2D eigenvalue weighted by Crippen LogP contribution is -2.44. The monoisotopic (exact) mass is 573 g/mol. The SMILES string of the molecule is CCNC(=O)c1nnc(-c2cc(C(C)C)c(O)cc2O)n1-c1ccc(CN2CCC(C(=O)N3CC[CH]CC3)CC2)cc1. The molecule has 5 rings (SSSR count). The van der Waals surface area contributed by atoms with Crippen LogP contribution < -0.4 is 5.32 Å². The maximum Gasteiger partial charge on any atom is 0.289 e. The van der Waals surface area contributed by atoms with Crippen molar-refractivity contribution in [2.75, 3.05) is 32.7 Å². The molecule has 0 bridgehead atoms. The predicted molar refractivity (Wildman–Crippen MR) is 160 cm³/mol. The smallest absolute Gasteiger partial charge is 0.289 e. The number of rotatable bonds is 8. The first-order valence-electron chi connectivity index (χ1n) is 15.0. The average molecular weight is 574 g/mol. The molecule has 3 aromatic rings. The highest BCUT2D eigenvalue weighted by molar-refractivity contribution is 5.92. The van der Waals surface area contributed by atoms with Crippen LogP contribution in [0.3, 0.4) is 0 Å². The summed E-state index contributed by atoms with van der Waals surface area (Å²) >= 11 is 0. The molecule has 1 radical (unpaired) electrons. The van der Waals surface area contributed by atoms with Crippen molar-refractivity contribution < 1.29 is 19.8 Å². The van der Waals surface area contributed by atoms with Gasteiger partial charge in [-0.2, -0.15) is 0 Å². The van der Waals surface area contributed by atoms with E-state index < -0.39 is 0 Å². The number of nitrogens with zero attached hydrogens (tertiary/aromatic N) is 5. The van der Waals surface area contributed by atoms with Gasteiger partial charge in [-0.05, 0) is 87.4 Å². The second-order valence-electron chi connectivity index (χ2n) is 11.5. The third kappa shape index (κ3) is 6.28. The van der Waals surface area contributed by atoms with E-state index in [0.29, 0.717) is 35.1 Å². The Kier molecular flexibility index (Phi) is 9.11. The van der Waals surface area contributed by atoms with Gasteiger partial charge in [0.05, 0.1) is 5.56 Å². The fourth-order valence-electron chi connectivity index (χ4n) is 5.90. The lowest BCUT2D eigenvalue weighted by Gasteiger charge is -2.35. The Bertz CT molecular complexity index is 1400. The number of aromatic nitrogens is 3. The number of likely N-dealkylation sites (tertiary alicyclic amines) is 2. The second-order valence-corrected chi connectivity index (χ2v) is 11.5. The van der Waals surface area contributed by atoms with Gasteiger partial charge in [0.1, 0.15) is 11.5 Å². The quantitative estimate of drug-likeness (QED) is 0.368. The summed E-state index contributed by atoms with van der Waals surface area (Å²) in [4.78, 5) is 30.3. The Labute approximate surface area is 247 Å². The van der Waals surface area contributed by atoms with Gasteiger partial charge >= 0.3 is 0 Å². The van der Waals surface area contributed by atoms with E-state index in [9.17, 15) is 19.8 Å². The number of carbonyl (C=O) groups excluding carboxylic acids is 2. The molecular formula is C32H41N6O4. The second kappa shape index (κ2) is 12.9. The molecule has 3 N–H and O–H groups in total. The first-order valence-corrected chi connectivity index (χ1v) is 15.0. The molecule has 2 aliphatic rings. The van der Waals surface area contributed by atoms with Crippen LogP contribution in [0.2, 0.25) is 0 Å². The van der Waals surface area contributed by atoms with Gasteiger partial charge < -0.3 is 20.4 Å². The standard InChI is InChI=1S/C32H41N6O4/c1-4-33-31(41)30-35-34-29(26-18-25(21(2)3)27(39)19-28(26)40)38(30)24-10-8-22(9-11-24)20-36-16-12-23(13-17-36)32(42)37-14-6-5-7-15-37/h5,8-11,18-19,21,23,39-40H,4,6-7,12-17,20H2,1-3H3,(H,33,41). The fourth-order valence-corrected chi connectivity index (χ4v) is 5.90. The van der Waals surface area contributed by atoms with Crippen molar-refractivity contribution >= 4 is 11.8 Å². The molecule has 3 heterocycles. The molecule has 0 saturated carbocycles. The van der Waals surface area contributed by atoms with Crippen LogP contribution >= 0.6 is 0 Å². The zero-order valence-electron chi connectivity index (χ0n) is 24.7. The van der Waals surface area contributed by atoms with Gasteiger partial charge in [0, 0.05) is 43.9 Å². The van der Waals surface area contributed by atoms with Crippen molar-refractivity contribution in [3.05, 3.63) is 59.8 Å². The molecule has 42 heavy (non-hydrogen) atoms. The lowest BCUT2D eigenvalue weighted by atomic mass is 9.94. The van der Waals surface area contributed by atoms with Crippen molar-refractivity contribution in [3.63, 3.8) is 0 Å². The van der Waals surface area contributed by atoms with Gasteiger partial charge in [0.25, 0.3) is 5.91 Å². The molecule has 0 spiro atoms. The minimum absolute atomic E-state index is 0.00385. The summed E-state index contributed by atoms with van der Waals surface area (Å²) in [6.07, 6.45) is 6.02. The molecular weight excluding hydrogens is 532 g/mol. The average Bonchev–Trinajstić information content (AvgIpc) is 3.43. The van der Waals surface area contributed by atoms with Gasteiger partial charge in [-0.25, -0.2) is 0 Å². The summed E-state index contributed by atoms with van der Waals surface area (Å²) in [5, 5.41) is 32.4. The number of carbonyl (C=O) groups is 2. The summed E-state index contributed by atoms with van der Waals surface area (Å²) in [6, 6.07) is 10.9. The number of hydrogen-bond donors (Lipinski definition) is 3. The van der Waals surface area contributed by atoms with Gasteiger partial charge in [0.2, 0.25) is 11.7 Å². The third-order valence-corrected chi connectivity index (χ3v) is 8.27. The first-order chi connectivity index (χ1) is 20.3. The number of amides is 2. The largest absolute Gasteiger partial charge is 0.508 e. The number of phenolic OH excluding ortho intramolecular Hbond substituents is 2. The molecule has 2 saturated heterocycles. The van der Waals surface area contributed by atoms with E-state index >= 15 is 0 Å². The Morgan fingerprint density at radius 2 is 1.67 bits per heavy atom. The van der Waals surface area contributed by atoms with Crippen molar-refractivity contribution in [3.8, 4) is 28.6 Å². The number of hydrogen-bond acceptors (Lipinski definition) is 7. The van der Waals surface area contributed by atoms with Crippen LogP contribution in [-0.2, 0) is 11.3 Å². The molecule has 0 aliphatic carbocycles. The molecule has 0 atom stereocenters. The van der Waals surface area contributed by atoms with E-state index in [2.05, 4.69) is 26.8 Å². The van der Waals surface area contributed by atoms with Crippen LogP contribution in [0.25, 0.3) is 17.1 Å². The first kappa shape index (κ1) is 29.6. The van der Waals surface area contributed by atoms with Gasteiger partial charge in [-0.15, -0.1) is 10.2 Å². The summed E-state index contributed by atoms with van der Waals surface area (Å²) in [6.45, 7) is 10.4. The molecule has 10 heteroatoms. The Morgan fingerprint density at radius 3 is 2.31 bits per heavy atom. The summed E-state index contributed by atoms with van der Waals surface area (Å²) < 4.78 is 1.64. The highest BCUT2D eigenvalue weighted by Gasteiger charge is 2.29. The van der Waals surface area contributed by atoms with E-state index in [-0.39, 0.29) is 35.1 Å². The molecule has 0 unspecified atom stereocenters. The predicted octanol–water partition coefficient (Wildman–Crippen LogP) is 4.26. The van der Waals surface area contributed by atoms with Crippen molar-refractivity contribution in [2.45, 2.75) is 58.9 Å². The van der Waals surface area contributed by atoms with Crippen LogP contribution in [0.5, 0.6) is 11.5 Å². The van der Waals surface area contributed by atoms with E-state index in [0.717, 1.165) is 64.0 Å². The van der Waals surface area contributed by atoms with Crippen molar-refractivity contribution in [2.24, 2.45) is 5.92 Å². The molecule has 10 nitrogen and oxygen atoms in total. The zero-order chi connectivity index (χ0) is 29.8. The Hall–Kier alpha value is -3.92. The number of benzene rings is 2. The number of nitrogens with one attached hydrogen (secondary N) is 1. The highest BCUT2D eigenvalue weighted by Crippen LogP contribution is 2.38. The molecule has 2 aliphatic heterocycles. The molecule has 223 valence electrons. The molecule has 2 fully saturated rings. The molecule has 1 aromatic heterocycles. The van der Waals surface area contributed by atoms with Crippen LogP contribution in [-0.4, -0.2) is 79.3 Å². The number of phenols is 2. The van der Waals surface area contributed by atoms with E-state index in [1.807, 2.05) is 49.9 Å². The lowest BCUT2D eigenvalue weighted by molar-refractivity contribution is -0.137. The highest BCUT2D eigenvalue weighted by atomic mass is 16.3. The minimum atomic E-state index is -0.372. The van der Waals surface area contributed by atoms with Crippen LogP contribution in [0.4, 0.5) is 0 Å². The Morgan fingerprint density at radius 1 is 0.976 bits per heavy atom. The summed E-state index contributed by atoms with van der Waals surface area (Å²) in [7, 11) is 0. The van der Waals surface area contributed by atoms with Crippen molar-refractivity contribution in [1.29, 1.82) is 0 Å². The van der Waals surface area contributed by atoms with Crippen LogP contribution in [0, 0.1) is 12.3 Å². The number of piperidine rings is 2. The maximum absolute atomic E-state index is 12.9. The van der Waals surface area contributed by atoms with E-state index in [4.69, 9.17) is 0 Å². The molecule has 2 aromatic carbocycles. The topological polar surface area (TPSA) is 124 Å². The van der Waals surface area contributed by atoms with Gasteiger partial charge in [0.15, 0.2) is 5.82 Å². The third-order valence-electron chi connectivity index (χ3n) is 8.27. The van der Waals surface area contributed by atoms with E-state index in [1.165, 1.54) is 6.07 Å². The van der Waals surface area contributed by atoms with Gasteiger partial charge in [-0.1, -0.05) is 26.0 Å². The number of aromatic hydroxyl groups is 2. The summed E-state index contributed by atoms with van der Waals surface area (Å²) in [5.74, 6) is 0.346. The zero-order valence-corrected chi connectivity index (χ0v) is 24.7. The van der Waals surface area contributed by atoms with Crippen LogP contribution in [0.1, 0.15) is 74.1 Å². The normalized spacial score (nSPS) is 16.6. The van der Waals surface area contributed by atoms with Gasteiger partial charge in [-0.3, -0.25) is 19.1 Å². The minimum Gasteiger partial charge on any atom is -0.508 e. The summed E-state index contributed by atoms with van der Waals surface area (Å²) in [5.41, 5.74) is 2.84.